The molecule has 1 amide bonds. The molecule has 20 heavy (non-hydrogen) atoms. The lowest BCUT2D eigenvalue weighted by Gasteiger charge is -2.23. The summed E-state index contributed by atoms with van der Waals surface area (Å²) in [5.41, 5.74) is 0.974. The maximum Gasteiger partial charge on any atom is 0.239 e. The molecule has 4 heteroatoms. The Bertz CT molecular complexity index is 437. The lowest BCUT2D eigenvalue weighted by Crippen LogP contribution is -2.38. The third-order valence-corrected chi connectivity index (χ3v) is 2.99. The largest absolute Gasteiger partial charge is 0.361 e. The predicted octanol–water partition coefficient (Wildman–Crippen LogP) is 2.57. The van der Waals surface area contributed by atoms with E-state index in [-0.39, 0.29) is 5.91 Å². The molecule has 0 fully saturated rings. The highest BCUT2D eigenvalue weighted by Crippen LogP contribution is 2.13. The van der Waals surface area contributed by atoms with Crippen LogP contribution in [-0.2, 0) is 4.79 Å². The molecular formula is C16H23N3O. The molecule has 1 aromatic carbocycles. The van der Waals surface area contributed by atoms with Crippen LogP contribution < -0.4 is 10.2 Å². The van der Waals surface area contributed by atoms with Crippen LogP contribution in [0.15, 0.2) is 30.3 Å². The number of nitriles is 1. The molecule has 0 saturated heterocycles. The number of hydrogen-bond donors (Lipinski definition) is 1. The zero-order chi connectivity index (χ0) is 14.8. The van der Waals surface area contributed by atoms with Crippen molar-refractivity contribution in [2.75, 3.05) is 24.5 Å². The van der Waals surface area contributed by atoms with Crippen molar-refractivity contribution in [3.8, 4) is 6.07 Å². The van der Waals surface area contributed by atoms with Gasteiger partial charge in [-0.3, -0.25) is 4.79 Å². The van der Waals surface area contributed by atoms with Crippen molar-refractivity contribution >= 4 is 11.6 Å². The average molecular weight is 273 g/mol. The third kappa shape index (κ3) is 6.24. The number of hydrogen-bond acceptors (Lipinski definition) is 3. The van der Waals surface area contributed by atoms with Crippen molar-refractivity contribution in [1.29, 1.82) is 5.26 Å². The Morgan fingerprint density at radius 3 is 2.65 bits per heavy atom. The topological polar surface area (TPSA) is 56.1 Å². The van der Waals surface area contributed by atoms with Crippen LogP contribution in [0.3, 0.4) is 0 Å². The van der Waals surface area contributed by atoms with Gasteiger partial charge in [0.05, 0.1) is 19.0 Å². The number of nitrogens with one attached hydrogen (secondary N) is 1. The number of amides is 1. The molecule has 0 aliphatic rings. The summed E-state index contributed by atoms with van der Waals surface area (Å²) >= 11 is 0. The molecule has 1 aromatic rings. The van der Waals surface area contributed by atoms with Crippen molar-refractivity contribution in [3.05, 3.63) is 30.3 Å². The normalized spacial score (nSPS) is 10.1. The number of carbonyl (C=O) groups excluding carboxylic acids is 1. The van der Waals surface area contributed by atoms with Gasteiger partial charge >= 0.3 is 0 Å². The Hall–Kier alpha value is -2.02. The number of carbonyl (C=O) groups is 1. The molecule has 0 atom stereocenters. The van der Waals surface area contributed by atoms with Crippen LogP contribution in [0.5, 0.6) is 0 Å². The first-order chi connectivity index (χ1) is 9.63. The fourth-order valence-corrected chi connectivity index (χ4v) is 1.85. The summed E-state index contributed by atoms with van der Waals surface area (Å²) in [6, 6.07) is 11.9. The second kappa shape index (κ2) is 8.98. The second-order valence-corrected chi connectivity index (χ2v) is 5.20. The zero-order valence-corrected chi connectivity index (χ0v) is 12.3. The first-order valence-electron chi connectivity index (χ1n) is 7.07. The lowest BCUT2D eigenvalue weighted by atomic mass is 10.1. The van der Waals surface area contributed by atoms with Gasteiger partial charge < -0.3 is 10.2 Å². The SMILES string of the molecule is CC(C)CCNC(=O)CN(CCC#N)c1ccccc1. The number of para-hydroxylation sites is 1. The number of anilines is 1. The smallest absolute Gasteiger partial charge is 0.239 e. The van der Waals surface area contributed by atoms with E-state index in [4.69, 9.17) is 5.26 Å². The van der Waals surface area contributed by atoms with E-state index in [2.05, 4.69) is 25.2 Å². The maximum atomic E-state index is 11.9. The van der Waals surface area contributed by atoms with Crippen LogP contribution in [-0.4, -0.2) is 25.5 Å². The van der Waals surface area contributed by atoms with Crippen LogP contribution in [0.25, 0.3) is 0 Å². The Morgan fingerprint density at radius 1 is 1.35 bits per heavy atom. The molecule has 0 aromatic heterocycles. The van der Waals surface area contributed by atoms with Gasteiger partial charge in [-0.05, 0) is 24.5 Å². The van der Waals surface area contributed by atoms with E-state index in [0.717, 1.165) is 12.1 Å². The van der Waals surface area contributed by atoms with E-state index in [1.54, 1.807) is 0 Å². The fraction of sp³-hybridized carbons (Fsp3) is 0.500. The van der Waals surface area contributed by atoms with Gasteiger partial charge in [-0.15, -0.1) is 0 Å². The maximum absolute atomic E-state index is 11.9. The lowest BCUT2D eigenvalue weighted by molar-refractivity contribution is -0.119. The van der Waals surface area contributed by atoms with Gasteiger partial charge in [-0.2, -0.15) is 5.26 Å². The van der Waals surface area contributed by atoms with E-state index in [0.29, 0.717) is 32.0 Å². The Balaban J connectivity index is 2.52. The number of nitrogens with zero attached hydrogens (tertiary/aromatic N) is 2. The van der Waals surface area contributed by atoms with Crippen LogP contribution in [0.1, 0.15) is 26.7 Å². The van der Waals surface area contributed by atoms with Gasteiger partial charge in [-0.25, -0.2) is 0 Å². The molecule has 1 N–H and O–H groups in total. The summed E-state index contributed by atoms with van der Waals surface area (Å²) in [6.07, 6.45) is 1.39. The summed E-state index contributed by atoms with van der Waals surface area (Å²) < 4.78 is 0. The van der Waals surface area contributed by atoms with Gasteiger partial charge in [-0.1, -0.05) is 32.0 Å². The quantitative estimate of drug-likeness (QED) is 0.792. The Morgan fingerprint density at radius 2 is 2.05 bits per heavy atom. The van der Waals surface area contributed by atoms with E-state index in [1.165, 1.54) is 0 Å². The summed E-state index contributed by atoms with van der Waals surface area (Å²) in [6.45, 7) is 5.84. The molecule has 0 unspecified atom stereocenters. The van der Waals surface area contributed by atoms with Crippen LogP contribution in [0.4, 0.5) is 5.69 Å². The number of benzene rings is 1. The minimum absolute atomic E-state index is 0.00689. The monoisotopic (exact) mass is 273 g/mol. The molecule has 4 nitrogen and oxygen atoms in total. The summed E-state index contributed by atoms with van der Waals surface area (Å²) in [5, 5.41) is 11.6. The number of rotatable bonds is 8. The van der Waals surface area contributed by atoms with Crippen molar-refractivity contribution < 1.29 is 4.79 Å². The highest BCUT2D eigenvalue weighted by atomic mass is 16.2. The Kier molecular flexibility index (Phi) is 7.20. The highest BCUT2D eigenvalue weighted by molar-refractivity contribution is 5.81. The molecule has 0 spiro atoms. The molecule has 0 aliphatic heterocycles. The molecule has 108 valence electrons. The van der Waals surface area contributed by atoms with E-state index in [9.17, 15) is 4.79 Å². The average Bonchev–Trinajstić information content (AvgIpc) is 2.44. The molecular weight excluding hydrogens is 250 g/mol. The second-order valence-electron chi connectivity index (χ2n) is 5.20. The fourth-order valence-electron chi connectivity index (χ4n) is 1.85. The van der Waals surface area contributed by atoms with Gasteiger partial charge in [0.15, 0.2) is 0 Å². The molecule has 0 radical (unpaired) electrons. The van der Waals surface area contributed by atoms with Crippen LogP contribution in [0.2, 0.25) is 0 Å². The van der Waals surface area contributed by atoms with Crippen molar-refractivity contribution in [2.45, 2.75) is 26.7 Å². The van der Waals surface area contributed by atoms with E-state index >= 15 is 0 Å². The first-order valence-corrected chi connectivity index (χ1v) is 7.07. The van der Waals surface area contributed by atoms with E-state index in [1.807, 2.05) is 35.2 Å². The standard InChI is InChI=1S/C16H23N3O/c1-14(2)9-11-18-16(20)13-19(12-6-10-17)15-7-4-3-5-8-15/h3-5,7-8,14H,6,9,11-13H2,1-2H3,(H,18,20). The Labute approximate surface area is 121 Å². The molecule has 1 rings (SSSR count). The first kappa shape index (κ1) is 16.0. The van der Waals surface area contributed by atoms with Gasteiger partial charge in [0, 0.05) is 18.8 Å². The van der Waals surface area contributed by atoms with Crippen molar-refractivity contribution in [2.24, 2.45) is 5.92 Å². The van der Waals surface area contributed by atoms with E-state index < -0.39 is 0 Å². The predicted molar refractivity (Wildman–Crippen MR) is 81.3 cm³/mol. The minimum atomic E-state index is 0.00689. The molecule has 0 saturated carbocycles. The van der Waals surface area contributed by atoms with Gasteiger partial charge in [0.25, 0.3) is 0 Å². The van der Waals surface area contributed by atoms with Crippen LogP contribution in [0, 0.1) is 17.2 Å². The zero-order valence-electron chi connectivity index (χ0n) is 12.3. The molecule has 0 heterocycles. The summed E-state index contributed by atoms with van der Waals surface area (Å²) in [4.78, 5) is 13.9. The summed E-state index contributed by atoms with van der Waals surface area (Å²) in [5.74, 6) is 0.589. The third-order valence-electron chi connectivity index (χ3n) is 2.99. The minimum Gasteiger partial charge on any atom is -0.361 e. The van der Waals surface area contributed by atoms with Gasteiger partial charge in [0.1, 0.15) is 0 Å². The summed E-state index contributed by atoms with van der Waals surface area (Å²) in [7, 11) is 0. The molecule has 0 bridgehead atoms. The van der Waals surface area contributed by atoms with Crippen molar-refractivity contribution in [1.82, 2.24) is 5.32 Å². The van der Waals surface area contributed by atoms with Crippen molar-refractivity contribution in [3.63, 3.8) is 0 Å². The van der Waals surface area contributed by atoms with Crippen LogP contribution >= 0.6 is 0 Å². The molecule has 0 aliphatic carbocycles. The highest BCUT2D eigenvalue weighted by Gasteiger charge is 2.11. The van der Waals surface area contributed by atoms with Gasteiger partial charge in [0.2, 0.25) is 5.91 Å².